The summed E-state index contributed by atoms with van der Waals surface area (Å²) in [7, 11) is 1.73. The number of alkyl halides is 3. The van der Waals surface area contributed by atoms with E-state index in [1.807, 2.05) is 0 Å². The van der Waals surface area contributed by atoms with Gasteiger partial charge in [0.25, 0.3) is 5.91 Å². The molecule has 9 heteroatoms. The zero-order valence-electron chi connectivity index (χ0n) is 16.7. The van der Waals surface area contributed by atoms with E-state index in [1.54, 1.807) is 31.0 Å². The minimum absolute atomic E-state index is 0.0973. The van der Waals surface area contributed by atoms with Gasteiger partial charge in [0.05, 0.1) is 23.1 Å². The van der Waals surface area contributed by atoms with E-state index in [9.17, 15) is 22.4 Å². The second-order valence-corrected chi connectivity index (χ2v) is 7.52. The molecule has 0 N–H and O–H groups in total. The summed E-state index contributed by atoms with van der Waals surface area (Å²) in [6.45, 7) is 2.19. The molecule has 31 heavy (non-hydrogen) atoms. The summed E-state index contributed by atoms with van der Waals surface area (Å²) in [5.74, 6) is -1.71. The van der Waals surface area contributed by atoms with Crippen molar-refractivity contribution >= 4 is 5.91 Å². The normalized spacial score (nSPS) is 15.0. The van der Waals surface area contributed by atoms with Gasteiger partial charge in [-0.1, -0.05) is 6.92 Å². The van der Waals surface area contributed by atoms with Gasteiger partial charge in [0, 0.05) is 36.8 Å². The van der Waals surface area contributed by atoms with Gasteiger partial charge in [0.15, 0.2) is 0 Å². The van der Waals surface area contributed by atoms with Crippen LogP contribution in [0.4, 0.5) is 17.6 Å². The summed E-state index contributed by atoms with van der Waals surface area (Å²) in [6, 6.07) is 5.78. The second-order valence-electron chi connectivity index (χ2n) is 7.52. The number of nitrogens with zero attached hydrogens (tertiary/aromatic N) is 4. The Morgan fingerprint density at radius 3 is 2.68 bits per heavy atom. The van der Waals surface area contributed by atoms with E-state index < -0.39 is 23.5 Å². The van der Waals surface area contributed by atoms with Crippen LogP contribution in [0.1, 0.15) is 45.6 Å². The standard InChI is InChI=1S/C22H18F4N4O/c1-12(13-7-15(22(24,25)26)10-16(23)8-13)19-9-14(11-28-29-19)20-17-4-6-30(2)21(31)18(17)3-5-27-20/h3,5,7-12H,4,6H2,1-2H3. The molecular weight excluding hydrogens is 412 g/mol. The van der Waals surface area contributed by atoms with Gasteiger partial charge in [-0.05, 0) is 47.9 Å². The smallest absolute Gasteiger partial charge is 0.341 e. The number of halogens is 4. The molecule has 1 aliphatic rings. The third kappa shape index (κ3) is 3.99. The fraction of sp³-hybridized carbons (Fsp3) is 0.273. The topological polar surface area (TPSA) is 59.0 Å². The average Bonchev–Trinajstić information content (AvgIpc) is 2.74. The Balaban J connectivity index is 1.74. The molecule has 1 aromatic carbocycles. The van der Waals surface area contributed by atoms with Crippen LogP contribution in [0.25, 0.3) is 11.3 Å². The number of rotatable bonds is 3. The summed E-state index contributed by atoms with van der Waals surface area (Å²) in [6.07, 6.45) is -1.01. The fourth-order valence-electron chi connectivity index (χ4n) is 3.70. The Morgan fingerprint density at radius 2 is 1.94 bits per heavy atom. The van der Waals surface area contributed by atoms with Crippen LogP contribution < -0.4 is 0 Å². The number of likely N-dealkylation sites (N-methyl/N-ethyl adjacent to an activating group) is 1. The van der Waals surface area contributed by atoms with Gasteiger partial charge >= 0.3 is 6.18 Å². The molecule has 0 radical (unpaired) electrons. The molecule has 0 bridgehead atoms. The number of hydrogen-bond donors (Lipinski definition) is 0. The Hall–Kier alpha value is -3.36. The Kier molecular flexibility index (Phi) is 5.20. The largest absolute Gasteiger partial charge is 0.416 e. The monoisotopic (exact) mass is 430 g/mol. The highest BCUT2D eigenvalue weighted by molar-refractivity contribution is 5.98. The predicted molar refractivity (Wildman–Crippen MR) is 105 cm³/mol. The highest BCUT2D eigenvalue weighted by Crippen LogP contribution is 2.34. The van der Waals surface area contributed by atoms with Crippen molar-refractivity contribution in [3.8, 4) is 11.3 Å². The van der Waals surface area contributed by atoms with E-state index in [4.69, 9.17) is 0 Å². The number of carbonyl (C=O) groups is 1. The summed E-state index contributed by atoms with van der Waals surface area (Å²) < 4.78 is 53.1. The number of hydrogen-bond acceptors (Lipinski definition) is 4. The molecule has 0 aliphatic carbocycles. The molecule has 0 spiro atoms. The van der Waals surface area contributed by atoms with Crippen LogP contribution in [-0.2, 0) is 12.6 Å². The molecule has 4 rings (SSSR count). The Labute approximate surface area is 175 Å². The molecule has 1 amide bonds. The predicted octanol–water partition coefficient (Wildman–Crippen LogP) is 4.48. The third-order valence-electron chi connectivity index (χ3n) is 5.47. The minimum atomic E-state index is -4.66. The van der Waals surface area contributed by atoms with Gasteiger partial charge in [-0.25, -0.2) is 4.39 Å². The van der Waals surface area contributed by atoms with Crippen LogP contribution in [0, 0.1) is 5.82 Å². The fourth-order valence-corrected chi connectivity index (χ4v) is 3.70. The van der Waals surface area contributed by atoms with Crippen LogP contribution in [0.2, 0.25) is 0 Å². The second kappa shape index (κ2) is 7.72. The van der Waals surface area contributed by atoms with Crippen LogP contribution in [0.5, 0.6) is 0 Å². The van der Waals surface area contributed by atoms with Crippen LogP contribution in [0.3, 0.4) is 0 Å². The molecule has 2 aromatic heterocycles. The Morgan fingerprint density at radius 1 is 1.16 bits per heavy atom. The maximum Gasteiger partial charge on any atom is 0.416 e. The first-order valence-corrected chi connectivity index (χ1v) is 9.59. The molecule has 3 heterocycles. The number of fused-ring (bicyclic) bond motifs is 1. The summed E-state index contributed by atoms with van der Waals surface area (Å²) in [4.78, 5) is 18.5. The van der Waals surface area contributed by atoms with E-state index in [0.29, 0.717) is 41.5 Å². The van der Waals surface area contributed by atoms with Gasteiger partial charge in [0.2, 0.25) is 0 Å². The number of benzene rings is 1. The maximum absolute atomic E-state index is 13.9. The third-order valence-corrected chi connectivity index (χ3v) is 5.47. The van der Waals surface area contributed by atoms with Crippen molar-refractivity contribution in [2.75, 3.05) is 13.6 Å². The van der Waals surface area contributed by atoms with Gasteiger partial charge in [0.1, 0.15) is 5.82 Å². The number of aromatic nitrogens is 3. The highest BCUT2D eigenvalue weighted by atomic mass is 19.4. The lowest BCUT2D eigenvalue weighted by atomic mass is 9.92. The van der Waals surface area contributed by atoms with Gasteiger partial charge in [-0.2, -0.15) is 23.4 Å². The van der Waals surface area contributed by atoms with Crippen molar-refractivity contribution in [2.24, 2.45) is 0 Å². The highest BCUT2D eigenvalue weighted by Gasteiger charge is 2.32. The Bertz CT molecular complexity index is 1160. The molecule has 5 nitrogen and oxygen atoms in total. The van der Waals surface area contributed by atoms with E-state index in [0.717, 1.165) is 17.7 Å². The van der Waals surface area contributed by atoms with E-state index in [2.05, 4.69) is 15.2 Å². The molecule has 1 unspecified atom stereocenters. The van der Waals surface area contributed by atoms with Crippen LogP contribution in [-0.4, -0.2) is 39.6 Å². The lowest BCUT2D eigenvalue weighted by Gasteiger charge is -2.26. The molecule has 3 aromatic rings. The van der Waals surface area contributed by atoms with Gasteiger partial charge in [-0.15, -0.1) is 0 Å². The SMILES string of the molecule is CC(c1cc(F)cc(C(F)(F)F)c1)c1cc(-c2nccc3c2CCN(C)C3=O)cnn1. The quantitative estimate of drug-likeness (QED) is 0.575. The van der Waals surface area contributed by atoms with Crippen molar-refractivity contribution in [1.82, 2.24) is 20.1 Å². The molecule has 0 fully saturated rings. The van der Waals surface area contributed by atoms with Crippen molar-refractivity contribution in [2.45, 2.75) is 25.4 Å². The minimum Gasteiger partial charge on any atom is -0.341 e. The van der Waals surface area contributed by atoms with Crippen molar-refractivity contribution in [1.29, 1.82) is 0 Å². The van der Waals surface area contributed by atoms with Gasteiger partial charge < -0.3 is 4.90 Å². The first-order valence-electron chi connectivity index (χ1n) is 9.59. The maximum atomic E-state index is 13.9. The average molecular weight is 430 g/mol. The number of pyridine rings is 1. The molecule has 0 saturated carbocycles. The molecule has 1 aliphatic heterocycles. The van der Waals surface area contributed by atoms with E-state index >= 15 is 0 Å². The van der Waals surface area contributed by atoms with Crippen molar-refractivity contribution < 1.29 is 22.4 Å². The van der Waals surface area contributed by atoms with E-state index in [-0.39, 0.29) is 11.5 Å². The lowest BCUT2D eigenvalue weighted by molar-refractivity contribution is -0.137. The summed E-state index contributed by atoms with van der Waals surface area (Å²) in [5.41, 5.74) is 1.98. The zero-order chi connectivity index (χ0) is 22.3. The molecule has 1 atom stereocenters. The van der Waals surface area contributed by atoms with Crippen LogP contribution in [0.15, 0.2) is 42.7 Å². The van der Waals surface area contributed by atoms with Crippen LogP contribution >= 0.6 is 0 Å². The first-order chi connectivity index (χ1) is 14.6. The summed E-state index contributed by atoms with van der Waals surface area (Å²) in [5, 5.41) is 8.03. The number of carbonyl (C=O) groups excluding carboxylic acids is 1. The zero-order valence-corrected chi connectivity index (χ0v) is 16.7. The summed E-state index contributed by atoms with van der Waals surface area (Å²) >= 11 is 0. The first kappa shape index (κ1) is 20.9. The van der Waals surface area contributed by atoms with Crippen molar-refractivity contribution in [3.63, 3.8) is 0 Å². The van der Waals surface area contributed by atoms with Crippen molar-refractivity contribution in [3.05, 3.63) is 76.5 Å². The lowest BCUT2D eigenvalue weighted by Crippen LogP contribution is -2.34. The molecule has 0 saturated heterocycles. The molecule has 160 valence electrons. The van der Waals surface area contributed by atoms with Gasteiger partial charge in [-0.3, -0.25) is 9.78 Å². The molecular formula is C22H18F4N4O. The van der Waals surface area contributed by atoms with E-state index in [1.165, 1.54) is 12.4 Å². The number of amides is 1.